The molecule has 2 aromatic rings. The lowest BCUT2D eigenvalue weighted by atomic mass is 10.2. The zero-order chi connectivity index (χ0) is 19.2. The lowest BCUT2D eigenvalue weighted by molar-refractivity contribution is -0.118. The van der Waals surface area contributed by atoms with Gasteiger partial charge in [0, 0.05) is 11.8 Å². The maximum atomic E-state index is 12.3. The van der Waals surface area contributed by atoms with Gasteiger partial charge in [0.1, 0.15) is 11.5 Å². The molecule has 0 aromatic heterocycles. The van der Waals surface area contributed by atoms with Gasteiger partial charge in [0.15, 0.2) is 0 Å². The zero-order valence-corrected chi connectivity index (χ0v) is 15.7. The topological polar surface area (TPSA) is 93.7 Å². The van der Waals surface area contributed by atoms with Gasteiger partial charge in [-0.3, -0.25) is 9.52 Å². The highest BCUT2D eigenvalue weighted by molar-refractivity contribution is 7.92. The summed E-state index contributed by atoms with van der Waals surface area (Å²) in [7, 11) is -0.643. The highest BCUT2D eigenvalue weighted by Crippen LogP contribution is 2.19. The Morgan fingerprint density at radius 2 is 1.65 bits per heavy atom. The molecule has 2 rings (SSSR count). The maximum absolute atomic E-state index is 12.3. The number of hydrogen-bond acceptors (Lipinski definition) is 5. The Hall–Kier alpha value is -2.74. The lowest BCUT2D eigenvalue weighted by Crippen LogP contribution is -2.29. The standard InChI is InChI=1S/C18H22N2O5S/c1-13(18(21)19-14-7-9-16(24-2)10-8-14)12-26(22,23)20-15-5-4-6-17(11-15)25-3/h4-11,13,20H,12H2,1-3H3,(H,19,21). The van der Waals surface area contributed by atoms with Gasteiger partial charge in [0.05, 0.1) is 31.6 Å². The number of carbonyl (C=O) groups is 1. The number of amides is 1. The van der Waals surface area contributed by atoms with Crippen molar-refractivity contribution in [2.24, 2.45) is 5.92 Å². The van der Waals surface area contributed by atoms with E-state index in [0.29, 0.717) is 22.9 Å². The van der Waals surface area contributed by atoms with E-state index < -0.39 is 15.9 Å². The molecule has 2 N–H and O–H groups in total. The fourth-order valence-corrected chi connectivity index (χ4v) is 3.63. The minimum Gasteiger partial charge on any atom is -0.497 e. The third-order valence-corrected chi connectivity index (χ3v) is 5.10. The largest absolute Gasteiger partial charge is 0.497 e. The summed E-state index contributed by atoms with van der Waals surface area (Å²) >= 11 is 0. The number of rotatable bonds is 8. The first-order valence-electron chi connectivity index (χ1n) is 7.92. The van der Waals surface area contributed by atoms with Crippen LogP contribution in [0, 0.1) is 5.92 Å². The van der Waals surface area contributed by atoms with Gasteiger partial charge in [-0.05, 0) is 36.4 Å². The van der Waals surface area contributed by atoms with Gasteiger partial charge in [0.25, 0.3) is 0 Å². The molecule has 8 heteroatoms. The molecule has 1 atom stereocenters. The van der Waals surface area contributed by atoms with E-state index in [1.165, 1.54) is 7.11 Å². The van der Waals surface area contributed by atoms with E-state index in [4.69, 9.17) is 9.47 Å². The van der Waals surface area contributed by atoms with Gasteiger partial charge in [-0.15, -0.1) is 0 Å². The van der Waals surface area contributed by atoms with Crippen molar-refractivity contribution in [1.82, 2.24) is 0 Å². The number of benzene rings is 2. The molecule has 0 spiro atoms. The molecular formula is C18H22N2O5S. The average molecular weight is 378 g/mol. The van der Waals surface area contributed by atoms with Crippen LogP contribution in [0.1, 0.15) is 6.92 Å². The van der Waals surface area contributed by atoms with E-state index >= 15 is 0 Å². The molecule has 0 bridgehead atoms. The van der Waals surface area contributed by atoms with Crippen LogP contribution in [0.5, 0.6) is 11.5 Å². The van der Waals surface area contributed by atoms with Gasteiger partial charge in [-0.1, -0.05) is 13.0 Å². The summed E-state index contributed by atoms with van der Waals surface area (Å²) in [6, 6.07) is 13.4. The second kappa shape index (κ2) is 8.57. The number of carbonyl (C=O) groups excluding carboxylic acids is 1. The highest BCUT2D eigenvalue weighted by atomic mass is 32.2. The van der Waals surface area contributed by atoms with E-state index in [0.717, 1.165) is 0 Å². The van der Waals surface area contributed by atoms with Gasteiger partial charge >= 0.3 is 0 Å². The van der Waals surface area contributed by atoms with Crippen LogP contribution >= 0.6 is 0 Å². The Kier molecular flexibility index (Phi) is 6.46. The van der Waals surface area contributed by atoms with Crippen molar-refractivity contribution in [2.45, 2.75) is 6.92 Å². The first-order chi connectivity index (χ1) is 12.3. The average Bonchev–Trinajstić information content (AvgIpc) is 2.61. The number of ether oxygens (including phenoxy) is 2. The third kappa shape index (κ3) is 5.66. The van der Waals surface area contributed by atoms with Gasteiger partial charge in [-0.25, -0.2) is 8.42 Å². The summed E-state index contributed by atoms with van der Waals surface area (Å²) in [5.41, 5.74) is 0.952. The number of sulfonamides is 1. The van der Waals surface area contributed by atoms with E-state index in [1.54, 1.807) is 62.6 Å². The monoisotopic (exact) mass is 378 g/mol. The smallest absolute Gasteiger partial charge is 0.233 e. The molecule has 0 saturated heterocycles. The molecule has 1 amide bonds. The molecule has 0 aliphatic rings. The van der Waals surface area contributed by atoms with Crippen LogP contribution in [0.2, 0.25) is 0 Å². The van der Waals surface area contributed by atoms with Gasteiger partial charge in [0.2, 0.25) is 15.9 Å². The molecular weight excluding hydrogens is 356 g/mol. The second-order valence-corrected chi connectivity index (χ2v) is 7.50. The predicted octanol–water partition coefficient (Wildman–Crippen LogP) is 2.72. The summed E-state index contributed by atoms with van der Waals surface area (Å²) in [5, 5.41) is 2.69. The molecule has 26 heavy (non-hydrogen) atoms. The molecule has 0 fully saturated rings. The van der Waals surface area contributed by atoms with Crippen LogP contribution < -0.4 is 19.5 Å². The molecule has 7 nitrogen and oxygen atoms in total. The number of anilines is 2. The van der Waals surface area contributed by atoms with Crippen molar-refractivity contribution in [1.29, 1.82) is 0 Å². The third-order valence-electron chi connectivity index (χ3n) is 3.62. The molecule has 0 aliphatic heterocycles. The maximum Gasteiger partial charge on any atom is 0.233 e. The molecule has 140 valence electrons. The summed E-state index contributed by atoms with van der Waals surface area (Å²) in [6.45, 7) is 1.56. The highest BCUT2D eigenvalue weighted by Gasteiger charge is 2.22. The van der Waals surface area contributed by atoms with Gasteiger partial charge in [-0.2, -0.15) is 0 Å². The summed E-state index contributed by atoms with van der Waals surface area (Å²) < 4.78 is 37.2. The molecule has 1 unspecified atom stereocenters. The zero-order valence-electron chi connectivity index (χ0n) is 14.9. The van der Waals surface area contributed by atoms with Crippen molar-refractivity contribution in [3.8, 4) is 11.5 Å². The van der Waals surface area contributed by atoms with Crippen molar-refractivity contribution < 1.29 is 22.7 Å². The van der Waals surface area contributed by atoms with E-state index in [1.807, 2.05) is 0 Å². The Bertz CT molecular complexity index is 850. The summed E-state index contributed by atoms with van der Waals surface area (Å²) in [5.74, 6) is -0.255. The SMILES string of the molecule is COc1ccc(NC(=O)C(C)CS(=O)(=O)Nc2cccc(OC)c2)cc1. The van der Waals surface area contributed by atoms with Crippen LogP contribution in [-0.2, 0) is 14.8 Å². The summed E-state index contributed by atoms with van der Waals surface area (Å²) in [4.78, 5) is 12.2. The summed E-state index contributed by atoms with van der Waals surface area (Å²) in [6.07, 6.45) is 0. The Balaban J connectivity index is 1.97. The van der Waals surface area contributed by atoms with Crippen molar-refractivity contribution >= 4 is 27.3 Å². The lowest BCUT2D eigenvalue weighted by Gasteiger charge is -2.14. The normalized spacial score (nSPS) is 12.1. The fourth-order valence-electron chi connectivity index (χ4n) is 2.25. The van der Waals surface area contributed by atoms with Crippen LogP contribution in [0.3, 0.4) is 0 Å². The van der Waals surface area contributed by atoms with Crippen molar-refractivity contribution in [3.05, 3.63) is 48.5 Å². The van der Waals surface area contributed by atoms with Crippen LogP contribution in [0.15, 0.2) is 48.5 Å². The number of nitrogens with one attached hydrogen (secondary N) is 2. The molecule has 0 heterocycles. The fraction of sp³-hybridized carbons (Fsp3) is 0.278. The Labute approximate surface area is 153 Å². The second-order valence-electron chi connectivity index (χ2n) is 5.73. The molecule has 2 aromatic carbocycles. The number of methoxy groups -OCH3 is 2. The molecule has 0 radical (unpaired) electrons. The van der Waals surface area contributed by atoms with Crippen molar-refractivity contribution in [2.75, 3.05) is 30.0 Å². The van der Waals surface area contributed by atoms with Crippen LogP contribution in [-0.4, -0.2) is 34.3 Å². The minimum absolute atomic E-state index is 0.341. The molecule has 0 saturated carbocycles. The Morgan fingerprint density at radius 1 is 1.00 bits per heavy atom. The number of hydrogen-bond donors (Lipinski definition) is 2. The van der Waals surface area contributed by atoms with Crippen LogP contribution in [0.4, 0.5) is 11.4 Å². The molecule has 0 aliphatic carbocycles. The van der Waals surface area contributed by atoms with E-state index in [-0.39, 0.29) is 11.7 Å². The first kappa shape index (κ1) is 19.6. The van der Waals surface area contributed by atoms with E-state index in [9.17, 15) is 13.2 Å². The quantitative estimate of drug-likeness (QED) is 0.737. The predicted molar refractivity (Wildman–Crippen MR) is 101 cm³/mol. The van der Waals surface area contributed by atoms with Crippen molar-refractivity contribution in [3.63, 3.8) is 0 Å². The van der Waals surface area contributed by atoms with Gasteiger partial charge < -0.3 is 14.8 Å². The van der Waals surface area contributed by atoms with E-state index in [2.05, 4.69) is 10.0 Å². The minimum atomic E-state index is -3.69. The van der Waals surface area contributed by atoms with Crippen LogP contribution in [0.25, 0.3) is 0 Å². The first-order valence-corrected chi connectivity index (χ1v) is 9.57. The Morgan fingerprint density at radius 3 is 2.27 bits per heavy atom.